The Balaban J connectivity index is 1.62. The summed E-state index contributed by atoms with van der Waals surface area (Å²) in [6.45, 7) is 10.5. The Hall–Kier alpha value is -3.14. The Morgan fingerprint density at radius 3 is 2.22 bits per heavy atom. The Bertz CT molecular complexity index is 1070. The van der Waals surface area contributed by atoms with Crippen LogP contribution in [0, 0.1) is 5.92 Å². The monoisotopic (exact) mass is 431 g/mol. The van der Waals surface area contributed by atoms with Crippen LogP contribution in [0.5, 0.6) is 0 Å². The fourth-order valence-electron chi connectivity index (χ4n) is 3.69. The van der Waals surface area contributed by atoms with Crippen molar-refractivity contribution in [1.29, 1.82) is 0 Å². The van der Waals surface area contributed by atoms with Crippen molar-refractivity contribution < 1.29 is 14.3 Å². The molecule has 32 heavy (non-hydrogen) atoms. The molecule has 1 atom stereocenters. The van der Waals surface area contributed by atoms with Crippen LogP contribution in [0.15, 0.2) is 66.7 Å². The van der Waals surface area contributed by atoms with E-state index in [0.29, 0.717) is 0 Å². The number of benzene rings is 3. The number of hydrogen-bond acceptors (Lipinski definition) is 3. The summed E-state index contributed by atoms with van der Waals surface area (Å²) < 4.78 is 5.54. The number of hydrogen-bond donors (Lipinski definition) is 1. The predicted octanol–water partition coefficient (Wildman–Crippen LogP) is 5.56. The van der Waals surface area contributed by atoms with E-state index in [2.05, 4.69) is 38.2 Å². The van der Waals surface area contributed by atoms with Crippen molar-refractivity contribution in [3.8, 4) is 0 Å². The van der Waals surface area contributed by atoms with E-state index in [-0.39, 0.29) is 30.3 Å². The minimum atomic E-state index is -0.689. The maximum absolute atomic E-state index is 12.8. The van der Waals surface area contributed by atoms with Crippen LogP contribution in [0.1, 0.15) is 51.3 Å². The predicted molar refractivity (Wildman–Crippen MR) is 129 cm³/mol. The van der Waals surface area contributed by atoms with Crippen molar-refractivity contribution in [1.82, 2.24) is 5.32 Å². The van der Waals surface area contributed by atoms with Gasteiger partial charge in [-0.05, 0) is 38.8 Å². The molecule has 0 unspecified atom stereocenters. The van der Waals surface area contributed by atoms with Gasteiger partial charge in [0, 0.05) is 0 Å². The zero-order chi connectivity index (χ0) is 23.3. The van der Waals surface area contributed by atoms with Crippen LogP contribution >= 0.6 is 0 Å². The van der Waals surface area contributed by atoms with Crippen LogP contribution in [0.25, 0.3) is 10.8 Å². The van der Waals surface area contributed by atoms with Crippen molar-refractivity contribution in [2.45, 2.75) is 59.1 Å². The molecule has 0 spiro atoms. The van der Waals surface area contributed by atoms with Gasteiger partial charge in [0.25, 0.3) is 0 Å². The molecule has 4 nitrogen and oxygen atoms in total. The lowest BCUT2D eigenvalue weighted by molar-refractivity contribution is -0.150. The Morgan fingerprint density at radius 2 is 1.56 bits per heavy atom. The Morgan fingerprint density at radius 1 is 0.906 bits per heavy atom. The summed E-state index contributed by atoms with van der Waals surface area (Å²) in [7, 11) is 0. The maximum Gasteiger partial charge on any atom is 0.329 e. The SMILES string of the molecule is CC(C)[C@H](NC(=O)Cc1cccc2ccccc12)C(=O)OCc1ccc(C(C)(C)C)cc1. The molecule has 0 heterocycles. The maximum atomic E-state index is 12.8. The lowest BCUT2D eigenvalue weighted by atomic mass is 9.87. The van der Waals surface area contributed by atoms with Crippen LogP contribution in [-0.2, 0) is 32.8 Å². The van der Waals surface area contributed by atoms with E-state index in [1.807, 2.05) is 68.4 Å². The normalized spacial score (nSPS) is 12.6. The standard InChI is InChI=1S/C28H33NO3/c1-19(2)26(27(31)32-18-20-13-15-23(16-14-20)28(3,4)5)29-25(30)17-22-11-8-10-21-9-6-7-12-24(21)22/h6-16,19,26H,17-18H2,1-5H3,(H,29,30)/t26-/m0/s1. The van der Waals surface area contributed by atoms with Gasteiger partial charge < -0.3 is 10.1 Å². The van der Waals surface area contributed by atoms with Crippen molar-refractivity contribution in [3.05, 3.63) is 83.4 Å². The summed E-state index contributed by atoms with van der Waals surface area (Å²) in [5, 5.41) is 5.02. The first-order valence-corrected chi connectivity index (χ1v) is 11.2. The van der Waals surface area contributed by atoms with Crippen molar-refractivity contribution in [2.24, 2.45) is 5.92 Å². The van der Waals surface area contributed by atoms with Gasteiger partial charge in [-0.2, -0.15) is 0 Å². The molecule has 0 saturated carbocycles. The minimum absolute atomic E-state index is 0.0757. The first-order chi connectivity index (χ1) is 15.1. The van der Waals surface area contributed by atoms with Crippen molar-refractivity contribution >= 4 is 22.6 Å². The third-order valence-electron chi connectivity index (χ3n) is 5.67. The van der Waals surface area contributed by atoms with Gasteiger partial charge in [-0.25, -0.2) is 4.79 Å². The van der Waals surface area contributed by atoms with Gasteiger partial charge in [0.05, 0.1) is 6.42 Å². The lowest BCUT2D eigenvalue weighted by Crippen LogP contribution is -2.45. The lowest BCUT2D eigenvalue weighted by Gasteiger charge is -2.22. The molecule has 0 bridgehead atoms. The van der Waals surface area contributed by atoms with Crippen LogP contribution in [-0.4, -0.2) is 17.9 Å². The van der Waals surface area contributed by atoms with Crippen LogP contribution < -0.4 is 5.32 Å². The molecule has 3 aromatic carbocycles. The highest BCUT2D eigenvalue weighted by atomic mass is 16.5. The van der Waals surface area contributed by atoms with Crippen molar-refractivity contribution in [3.63, 3.8) is 0 Å². The molecule has 0 saturated heterocycles. The van der Waals surface area contributed by atoms with E-state index in [9.17, 15) is 9.59 Å². The number of rotatable bonds is 7. The fourth-order valence-corrected chi connectivity index (χ4v) is 3.69. The second-order valence-corrected chi connectivity index (χ2v) is 9.66. The average molecular weight is 432 g/mol. The quantitative estimate of drug-likeness (QED) is 0.498. The van der Waals surface area contributed by atoms with Gasteiger partial charge in [-0.15, -0.1) is 0 Å². The largest absolute Gasteiger partial charge is 0.459 e. The third-order valence-corrected chi connectivity index (χ3v) is 5.67. The highest BCUT2D eigenvalue weighted by molar-refractivity contribution is 5.91. The molecular weight excluding hydrogens is 398 g/mol. The Labute approximate surface area is 191 Å². The summed E-state index contributed by atoms with van der Waals surface area (Å²) in [6, 6.07) is 21.3. The second kappa shape index (κ2) is 9.99. The zero-order valence-electron chi connectivity index (χ0n) is 19.6. The number of nitrogens with one attached hydrogen (secondary N) is 1. The van der Waals surface area contributed by atoms with Crippen LogP contribution in [0.2, 0.25) is 0 Å². The molecule has 0 aromatic heterocycles. The molecule has 3 rings (SSSR count). The summed E-state index contributed by atoms with van der Waals surface area (Å²) >= 11 is 0. The highest BCUT2D eigenvalue weighted by Crippen LogP contribution is 2.22. The van der Waals surface area contributed by atoms with Gasteiger partial charge in [0.2, 0.25) is 5.91 Å². The van der Waals surface area contributed by atoms with Gasteiger partial charge >= 0.3 is 5.97 Å². The molecule has 1 amide bonds. The average Bonchev–Trinajstić information content (AvgIpc) is 2.75. The molecule has 0 aliphatic carbocycles. The molecule has 0 aliphatic rings. The van der Waals surface area contributed by atoms with E-state index in [4.69, 9.17) is 4.74 Å². The molecule has 0 aliphatic heterocycles. The third kappa shape index (κ3) is 5.97. The number of carbonyl (C=O) groups is 2. The molecule has 0 radical (unpaired) electrons. The number of amides is 1. The molecule has 1 N–H and O–H groups in total. The van der Waals surface area contributed by atoms with E-state index in [1.165, 1.54) is 5.56 Å². The number of fused-ring (bicyclic) bond motifs is 1. The smallest absolute Gasteiger partial charge is 0.329 e. The van der Waals surface area contributed by atoms with Crippen LogP contribution in [0.3, 0.4) is 0 Å². The fraction of sp³-hybridized carbons (Fsp3) is 0.357. The Kier molecular flexibility index (Phi) is 7.34. The molecule has 3 aromatic rings. The van der Waals surface area contributed by atoms with Gasteiger partial charge in [0.15, 0.2) is 0 Å². The van der Waals surface area contributed by atoms with Crippen LogP contribution in [0.4, 0.5) is 0 Å². The number of esters is 1. The zero-order valence-corrected chi connectivity index (χ0v) is 19.6. The summed E-state index contributed by atoms with van der Waals surface area (Å²) in [5.41, 5.74) is 3.17. The topological polar surface area (TPSA) is 55.4 Å². The minimum Gasteiger partial charge on any atom is -0.459 e. The summed E-state index contributed by atoms with van der Waals surface area (Å²) in [4.78, 5) is 25.5. The number of ether oxygens (including phenoxy) is 1. The number of carbonyl (C=O) groups excluding carboxylic acids is 2. The molecule has 4 heteroatoms. The van der Waals surface area contributed by atoms with E-state index < -0.39 is 12.0 Å². The molecular formula is C28H33NO3. The highest BCUT2D eigenvalue weighted by Gasteiger charge is 2.26. The van der Waals surface area contributed by atoms with E-state index in [0.717, 1.165) is 21.9 Å². The first kappa shape index (κ1) is 23.5. The first-order valence-electron chi connectivity index (χ1n) is 11.2. The van der Waals surface area contributed by atoms with Gasteiger partial charge in [0.1, 0.15) is 12.6 Å². The summed E-state index contributed by atoms with van der Waals surface area (Å²) in [5.74, 6) is -0.681. The van der Waals surface area contributed by atoms with E-state index in [1.54, 1.807) is 0 Å². The van der Waals surface area contributed by atoms with Gasteiger partial charge in [-0.3, -0.25) is 4.79 Å². The van der Waals surface area contributed by atoms with Gasteiger partial charge in [-0.1, -0.05) is 101 Å². The second-order valence-electron chi connectivity index (χ2n) is 9.66. The van der Waals surface area contributed by atoms with E-state index >= 15 is 0 Å². The molecule has 0 fully saturated rings. The van der Waals surface area contributed by atoms with Crippen molar-refractivity contribution in [2.75, 3.05) is 0 Å². The molecule has 168 valence electrons. The summed E-state index contributed by atoms with van der Waals surface area (Å²) in [6.07, 6.45) is 0.214.